The number of hydrogen-bond acceptors (Lipinski definition) is 5. The molecule has 5 rings (SSSR count). The van der Waals surface area contributed by atoms with Gasteiger partial charge in [-0.05, 0) is 73.8 Å². The van der Waals surface area contributed by atoms with E-state index in [0.29, 0.717) is 57.0 Å². The van der Waals surface area contributed by atoms with E-state index in [9.17, 15) is 19.2 Å². The molecular formula is C32H40N4O5. The van der Waals surface area contributed by atoms with Gasteiger partial charge in [0.25, 0.3) is 0 Å². The lowest BCUT2D eigenvalue weighted by atomic mass is 9.73. The quantitative estimate of drug-likeness (QED) is 0.532. The van der Waals surface area contributed by atoms with Gasteiger partial charge in [-0.3, -0.25) is 19.2 Å². The zero-order valence-corrected chi connectivity index (χ0v) is 23.9. The molecule has 4 unspecified atom stereocenters. The Morgan fingerprint density at radius 3 is 2.66 bits per heavy atom. The molecule has 0 aromatic heterocycles. The monoisotopic (exact) mass is 560 g/mol. The number of carbonyl (C=O) groups is 4. The maximum absolute atomic E-state index is 13.4. The SMILES string of the molecule is CC(=O)N[C@H]1CCCC(=O)N2CC3CC(Oc4ccc(C)c(c4)CNC(=O)C(CCc4ccccc4)NC1=O)C3C2. The first-order chi connectivity index (χ1) is 19.8. The normalized spacial score (nSPS) is 26.8. The van der Waals surface area contributed by atoms with Crippen molar-refractivity contribution in [2.24, 2.45) is 11.8 Å². The number of ether oxygens (including phenoxy) is 1. The van der Waals surface area contributed by atoms with Crippen LogP contribution in [0.1, 0.15) is 55.7 Å². The van der Waals surface area contributed by atoms with Crippen molar-refractivity contribution in [2.75, 3.05) is 13.1 Å². The Balaban J connectivity index is 1.37. The first-order valence-electron chi connectivity index (χ1n) is 14.7. The molecule has 41 heavy (non-hydrogen) atoms. The van der Waals surface area contributed by atoms with Crippen molar-refractivity contribution < 1.29 is 23.9 Å². The second-order valence-corrected chi connectivity index (χ2v) is 11.7. The molecule has 2 fully saturated rings. The van der Waals surface area contributed by atoms with Crippen LogP contribution in [0.3, 0.4) is 0 Å². The smallest absolute Gasteiger partial charge is 0.243 e. The molecule has 4 bridgehead atoms. The molecule has 5 atom stereocenters. The van der Waals surface area contributed by atoms with E-state index in [4.69, 9.17) is 4.74 Å². The van der Waals surface area contributed by atoms with Gasteiger partial charge in [0.05, 0.1) is 0 Å². The van der Waals surface area contributed by atoms with Crippen LogP contribution in [0.4, 0.5) is 0 Å². The molecule has 2 aliphatic heterocycles. The number of benzene rings is 2. The summed E-state index contributed by atoms with van der Waals surface area (Å²) in [6.07, 6.45) is 3.04. The second kappa shape index (κ2) is 12.7. The Kier molecular flexibility index (Phi) is 8.90. The van der Waals surface area contributed by atoms with Gasteiger partial charge in [-0.2, -0.15) is 0 Å². The van der Waals surface area contributed by atoms with Crippen LogP contribution in [0.15, 0.2) is 48.5 Å². The number of amides is 4. The van der Waals surface area contributed by atoms with Gasteiger partial charge >= 0.3 is 0 Å². The predicted molar refractivity (Wildman–Crippen MR) is 154 cm³/mol. The Labute approximate surface area is 241 Å². The standard InChI is InChI=1S/C32H40N4O5/c1-20-11-13-25-15-23(20)17-33-31(39)28(14-12-22-7-4-3-5-8-22)35-32(40)27(34-21(2)37)9-6-10-30(38)36-18-24-16-29(41-25)26(24)19-36/h3-5,7-8,11,13,15,24,26-29H,6,9-10,12,14,16-19H2,1-2H3,(H,33,39)(H,34,37)(H,35,40)/t24?,26?,27-,28?,29?/m0/s1. The molecule has 0 spiro atoms. The highest BCUT2D eigenvalue weighted by Crippen LogP contribution is 2.43. The Hall–Kier alpha value is -3.88. The lowest BCUT2D eigenvalue weighted by Crippen LogP contribution is -2.53. The minimum atomic E-state index is -0.833. The first-order valence-corrected chi connectivity index (χ1v) is 14.7. The van der Waals surface area contributed by atoms with Gasteiger partial charge in [-0.15, -0.1) is 0 Å². The highest BCUT2D eigenvalue weighted by Gasteiger charge is 2.49. The van der Waals surface area contributed by atoms with Crippen LogP contribution in [0.25, 0.3) is 0 Å². The van der Waals surface area contributed by atoms with E-state index in [1.807, 2.05) is 60.4 Å². The maximum atomic E-state index is 13.4. The molecule has 1 saturated carbocycles. The summed E-state index contributed by atoms with van der Waals surface area (Å²) in [5.41, 5.74) is 3.03. The van der Waals surface area contributed by atoms with Gasteiger partial charge in [0.15, 0.2) is 0 Å². The maximum Gasteiger partial charge on any atom is 0.243 e. The summed E-state index contributed by atoms with van der Waals surface area (Å²) in [5, 5.41) is 8.63. The third-order valence-electron chi connectivity index (χ3n) is 8.69. The zero-order valence-electron chi connectivity index (χ0n) is 23.9. The summed E-state index contributed by atoms with van der Waals surface area (Å²) in [4.78, 5) is 53.7. The number of carbonyl (C=O) groups excluding carboxylic acids is 4. The highest BCUT2D eigenvalue weighted by atomic mass is 16.5. The highest BCUT2D eigenvalue weighted by molar-refractivity contribution is 5.91. The summed E-state index contributed by atoms with van der Waals surface area (Å²) in [6, 6.07) is 14.1. The molecule has 2 heterocycles. The van der Waals surface area contributed by atoms with E-state index >= 15 is 0 Å². The van der Waals surface area contributed by atoms with Crippen molar-refractivity contribution in [1.29, 1.82) is 0 Å². The molecule has 9 heteroatoms. The van der Waals surface area contributed by atoms with Gasteiger partial charge in [0, 0.05) is 38.9 Å². The average molecular weight is 561 g/mol. The van der Waals surface area contributed by atoms with E-state index in [2.05, 4.69) is 16.0 Å². The fourth-order valence-corrected chi connectivity index (χ4v) is 6.20. The summed E-state index contributed by atoms with van der Waals surface area (Å²) in [6.45, 7) is 5.08. The van der Waals surface area contributed by atoms with E-state index < -0.39 is 18.0 Å². The number of rotatable bonds is 4. The molecular weight excluding hydrogens is 520 g/mol. The Bertz CT molecular complexity index is 1280. The third-order valence-corrected chi connectivity index (χ3v) is 8.69. The molecule has 218 valence electrons. The van der Waals surface area contributed by atoms with E-state index in [1.165, 1.54) is 6.92 Å². The summed E-state index contributed by atoms with van der Waals surface area (Å²) in [5.74, 6) is 0.541. The van der Waals surface area contributed by atoms with Gasteiger partial charge < -0.3 is 25.6 Å². The molecule has 2 aromatic carbocycles. The number of fused-ring (bicyclic) bond motifs is 3. The Morgan fingerprint density at radius 1 is 1.07 bits per heavy atom. The van der Waals surface area contributed by atoms with Gasteiger partial charge in [0.2, 0.25) is 23.6 Å². The van der Waals surface area contributed by atoms with E-state index in [-0.39, 0.29) is 23.8 Å². The van der Waals surface area contributed by atoms with Crippen molar-refractivity contribution in [1.82, 2.24) is 20.9 Å². The lowest BCUT2D eigenvalue weighted by molar-refractivity contribution is -0.132. The molecule has 1 aliphatic carbocycles. The van der Waals surface area contributed by atoms with Gasteiger partial charge in [0.1, 0.15) is 23.9 Å². The van der Waals surface area contributed by atoms with Crippen LogP contribution in [0.2, 0.25) is 0 Å². The molecule has 0 radical (unpaired) electrons. The van der Waals surface area contributed by atoms with Crippen LogP contribution in [-0.2, 0) is 32.1 Å². The fraction of sp³-hybridized carbons (Fsp3) is 0.500. The molecule has 3 N–H and O–H groups in total. The van der Waals surface area contributed by atoms with Gasteiger partial charge in [-0.1, -0.05) is 36.4 Å². The Morgan fingerprint density at radius 2 is 1.88 bits per heavy atom. The minimum Gasteiger partial charge on any atom is -0.490 e. The third kappa shape index (κ3) is 7.07. The number of aryl methyl sites for hydroxylation is 2. The first kappa shape index (κ1) is 28.6. The van der Waals surface area contributed by atoms with Crippen molar-refractivity contribution in [3.05, 3.63) is 65.2 Å². The summed E-state index contributed by atoms with van der Waals surface area (Å²) in [7, 11) is 0. The van der Waals surface area contributed by atoms with Gasteiger partial charge in [-0.25, -0.2) is 0 Å². The predicted octanol–water partition coefficient (Wildman–Crippen LogP) is 2.64. The van der Waals surface area contributed by atoms with Crippen LogP contribution < -0.4 is 20.7 Å². The largest absolute Gasteiger partial charge is 0.490 e. The summed E-state index contributed by atoms with van der Waals surface area (Å²) >= 11 is 0. The van der Waals surface area contributed by atoms with Crippen LogP contribution in [-0.4, -0.2) is 59.8 Å². The molecule has 2 aromatic rings. The molecule has 4 amide bonds. The van der Waals surface area contributed by atoms with Crippen molar-refractivity contribution in [2.45, 2.75) is 77.1 Å². The zero-order chi connectivity index (χ0) is 28.9. The van der Waals surface area contributed by atoms with Crippen LogP contribution in [0, 0.1) is 18.8 Å². The molecule has 1 saturated heterocycles. The van der Waals surface area contributed by atoms with Crippen LogP contribution in [0.5, 0.6) is 5.75 Å². The van der Waals surface area contributed by atoms with E-state index in [1.54, 1.807) is 0 Å². The molecule has 9 nitrogen and oxygen atoms in total. The van der Waals surface area contributed by atoms with Crippen molar-refractivity contribution >= 4 is 23.6 Å². The minimum absolute atomic E-state index is 0.0655. The number of nitrogens with one attached hydrogen (secondary N) is 3. The number of hydrogen-bond donors (Lipinski definition) is 3. The average Bonchev–Trinajstić information content (AvgIpc) is 3.29. The lowest BCUT2D eigenvalue weighted by Gasteiger charge is -2.39. The fourth-order valence-electron chi connectivity index (χ4n) is 6.20. The van der Waals surface area contributed by atoms with Crippen molar-refractivity contribution in [3.63, 3.8) is 0 Å². The van der Waals surface area contributed by atoms with E-state index in [0.717, 1.165) is 35.4 Å². The van der Waals surface area contributed by atoms with Crippen LogP contribution >= 0.6 is 0 Å². The topological polar surface area (TPSA) is 117 Å². The second-order valence-electron chi connectivity index (χ2n) is 11.7. The molecule has 3 aliphatic rings. The number of nitrogens with zero attached hydrogens (tertiary/aromatic N) is 1. The summed E-state index contributed by atoms with van der Waals surface area (Å²) < 4.78 is 6.36. The van der Waals surface area contributed by atoms with Crippen molar-refractivity contribution in [3.8, 4) is 5.75 Å².